The summed E-state index contributed by atoms with van der Waals surface area (Å²) in [6.07, 6.45) is 4.93. The van der Waals surface area contributed by atoms with Gasteiger partial charge in [-0.15, -0.1) is 0 Å². The SMILES string of the molecule is CC(Br)CCCNS(=O)(=O)N1CCCCC1C. The summed E-state index contributed by atoms with van der Waals surface area (Å²) in [5, 5.41) is 0. The van der Waals surface area contributed by atoms with Crippen molar-refractivity contribution < 1.29 is 8.42 Å². The molecular weight excluding hydrogens is 304 g/mol. The van der Waals surface area contributed by atoms with E-state index in [1.807, 2.05) is 6.92 Å². The molecule has 0 radical (unpaired) electrons. The Labute approximate surface area is 113 Å². The number of nitrogens with one attached hydrogen (secondary N) is 1. The number of nitrogens with zero attached hydrogens (tertiary/aromatic N) is 1. The van der Waals surface area contributed by atoms with Gasteiger partial charge < -0.3 is 0 Å². The predicted molar refractivity (Wildman–Crippen MR) is 74.6 cm³/mol. The first-order valence-corrected chi connectivity index (χ1v) is 8.69. The summed E-state index contributed by atoms with van der Waals surface area (Å²) in [7, 11) is -3.26. The quantitative estimate of drug-likeness (QED) is 0.601. The van der Waals surface area contributed by atoms with E-state index in [0.717, 1.165) is 32.1 Å². The molecule has 1 rings (SSSR count). The van der Waals surface area contributed by atoms with Crippen molar-refractivity contribution in [1.82, 2.24) is 9.03 Å². The van der Waals surface area contributed by atoms with Crippen LogP contribution in [0.2, 0.25) is 0 Å². The molecule has 6 heteroatoms. The predicted octanol–water partition coefficient (Wildman–Crippen LogP) is 2.26. The molecule has 0 aromatic heterocycles. The van der Waals surface area contributed by atoms with Crippen LogP contribution in [0.25, 0.3) is 0 Å². The van der Waals surface area contributed by atoms with Crippen LogP contribution in [0.15, 0.2) is 0 Å². The van der Waals surface area contributed by atoms with Gasteiger partial charge in [0, 0.05) is 24.0 Å². The van der Waals surface area contributed by atoms with Crippen LogP contribution in [-0.2, 0) is 10.2 Å². The Bertz CT molecular complexity index is 319. The Kier molecular flexibility index (Phi) is 6.40. The van der Waals surface area contributed by atoms with Crippen molar-refractivity contribution in [2.24, 2.45) is 0 Å². The Morgan fingerprint density at radius 2 is 2.18 bits per heavy atom. The number of piperidine rings is 1. The fraction of sp³-hybridized carbons (Fsp3) is 1.00. The number of halogens is 1. The first-order chi connectivity index (χ1) is 7.93. The van der Waals surface area contributed by atoms with Crippen molar-refractivity contribution in [2.75, 3.05) is 13.1 Å². The van der Waals surface area contributed by atoms with Gasteiger partial charge in [-0.05, 0) is 32.6 Å². The first-order valence-electron chi connectivity index (χ1n) is 6.34. The molecule has 1 fully saturated rings. The summed E-state index contributed by atoms with van der Waals surface area (Å²) in [5.41, 5.74) is 0. The minimum atomic E-state index is -3.26. The monoisotopic (exact) mass is 326 g/mol. The zero-order valence-electron chi connectivity index (χ0n) is 10.7. The van der Waals surface area contributed by atoms with Crippen molar-refractivity contribution in [1.29, 1.82) is 0 Å². The Balaban J connectivity index is 2.39. The zero-order valence-corrected chi connectivity index (χ0v) is 13.1. The number of hydrogen-bond acceptors (Lipinski definition) is 2. The molecule has 0 saturated carbocycles. The van der Waals surface area contributed by atoms with Gasteiger partial charge in [-0.1, -0.05) is 29.3 Å². The summed E-state index contributed by atoms with van der Waals surface area (Å²) < 4.78 is 28.4. The van der Waals surface area contributed by atoms with Crippen LogP contribution in [0.5, 0.6) is 0 Å². The Morgan fingerprint density at radius 3 is 2.76 bits per heavy atom. The van der Waals surface area contributed by atoms with E-state index >= 15 is 0 Å². The average Bonchev–Trinajstić information content (AvgIpc) is 2.24. The van der Waals surface area contributed by atoms with Gasteiger partial charge >= 0.3 is 0 Å². The van der Waals surface area contributed by atoms with Crippen molar-refractivity contribution in [2.45, 2.75) is 56.8 Å². The second-order valence-electron chi connectivity index (χ2n) is 4.78. The van der Waals surface area contributed by atoms with Crippen LogP contribution in [-0.4, -0.2) is 36.7 Å². The van der Waals surface area contributed by atoms with Crippen LogP contribution >= 0.6 is 15.9 Å². The maximum absolute atomic E-state index is 12.0. The van der Waals surface area contributed by atoms with E-state index in [9.17, 15) is 8.42 Å². The van der Waals surface area contributed by atoms with E-state index in [4.69, 9.17) is 0 Å². The second kappa shape index (κ2) is 7.07. The van der Waals surface area contributed by atoms with Crippen LogP contribution in [0.3, 0.4) is 0 Å². The molecule has 2 atom stereocenters. The summed E-state index contributed by atoms with van der Waals surface area (Å²) in [6, 6.07) is 0.136. The molecule has 0 amide bonds. The lowest BCUT2D eigenvalue weighted by molar-refractivity contribution is 0.265. The van der Waals surface area contributed by atoms with Crippen LogP contribution in [0.1, 0.15) is 46.0 Å². The maximum Gasteiger partial charge on any atom is 0.279 e. The van der Waals surface area contributed by atoms with Crippen molar-refractivity contribution in [3.05, 3.63) is 0 Å². The molecule has 2 unspecified atom stereocenters. The number of hydrogen-bond donors (Lipinski definition) is 1. The lowest BCUT2D eigenvalue weighted by Gasteiger charge is -2.32. The summed E-state index contributed by atoms with van der Waals surface area (Å²) in [6.45, 7) is 5.24. The molecule has 102 valence electrons. The fourth-order valence-corrected chi connectivity index (χ4v) is 3.94. The molecule has 0 aromatic carbocycles. The Morgan fingerprint density at radius 1 is 1.47 bits per heavy atom. The van der Waals surface area contributed by atoms with Crippen LogP contribution < -0.4 is 4.72 Å². The molecule has 0 aliphatic carbocycles. The third kappa shape index (κ3) is 5.24. The standard InChI is InChI=1S/C11H23BrN2O2S/c1-10(12)6-5-8-13-17(15,16)14-9-4-3-7-11(14)2/h10-11,13H,3-9H2,1-2H3. The summed E-state index contributed by atoms with van der Waals surface area (Å²) in [5.74, 6) is 0. The largest absolute Gasteiger partial charge is 0.279 e. The van der Waals surface area contributed by atoms with Gasteiger partial charge in [-0.3, -0.25) is 0 Å². The molecular formula is C11H23BrN2O2S. The lowest BCUT2D eigenvalue weighted by atomic mass is 10.1. The fourth-order valence-electron chi connectivity index (χ4n) is 2.10. The van der Waals surface area contributed by atoms with Gasteiger partial charge in [0.15, 0.2) is 0 Å². The highest BCUT2D eigenvalue weighted by atomic mass is 79.9. The molecule has 17 heavy (non-hydrogen) atoms. The zero-order chi connectivity index (χ0) is 12.9. The van der Waals surface area contributed by atoms with Gasteiger partial charge in [-0.2, -0.15) is 12.7 Å². The maximum atomic E-state index is 12.0. The van der Waals surface area contributed by atoms with Gasteiger partial charge in [0.05, 0.1) is 0 Å². The smallest absolute Gasteiger partial charge is 0.202 e. The molecule has 1 heterocycles. The third-order valence-corrected chi connectivity index (χ3v) is 5.30. The highest BCUT2D eigenvalue weighted by molar-refractivity contribution is 9.09. The van der Waals surface area contributed by atoms with Crippen molar-refractivity contribution in [3.63, 3.8) is 0 Å². The van der Waals surface area contributed by atoms with E-state index in [2.05, 4.69) is 27.6 Å². The third-order valence-electron chi connectivity index (χ3n) is 3.11. The summed E-state index contributed by atoms with van der Waals surface area (Å²) >= 11 is 3.45. The van der Waals surface area contributed by atoms with E-state index in [1.165, 1.54) is 0 Å². The van der Waals surface area contributed by atoms with Gasteiger partial charge in [0.1, 0.15) is 0 Å². The molecule has 1 N–H and O–H groups in total. The Hall–Kier alpha value is 0.350. The molecule has 0 bridgehead atoms. The van der Waals surface area contributed by atoms with Crippen molar-refractivity contribution >= 4 is 26.1 Å². The van der Waals surface area contributed by atoms with Crippen molar-refractivity contribution in [3.8, 4) is 0 Å². The molecule has 1 saturated heterocycles. The first kappa shape index (κ1) is 15.4. The number of alkyl halides is 1. The normalized spacial score (nSPS) is 24.8. The van der Waals surface area contributed by atoms with E-state index < -0.39 is 10.2 Å². The van der Waals surface area contributed by atoms with E-state index in [-0.39, 0.29) is 6.04 Å². The molecule has 0 spiro atoms. The molecule has 4 nitrogen and oxygen atoms in total. The number of rotatable bonds is 6. The van der Waals surface area contributed by atoms with Crippen LogP contribution in [0.4, 0.5) is 0 Å². The minimum absolute atomic E-state index is 0.136. The second-order valence-corrected chi connectivity index (χ2v) is 8.05. The van der Waals surface area contributed by atoms with E-state index in [1.54, 1.807) is 4.31 Å². The average molecular weight is 327 g/mol. The van der Waals surface area contributed by atoms with Gasteiger partial charge in [-0.25, -0.2) is 4.72 Å². The summed E-state index contributed by atoms with van der Waals surface area (Å²) in [4.78, 5) is 0.445. The van der Waals surface area contributed by atoms with Gasteiger partial charge in [0.2, 0.25) is 0 Å². The molecule has 1 aliphatic heterocycles. The molecule has 0 aromatic rings. The van der Waals surface area contributed by atoms with Gasteiger partial charge in [0.25, 0.3) is 10.2 Å². The highest BCUT2D eigenvalue weighted by Gasteiger charge is 2.28. The lowest BCUT2D eigenvalue weighted by Crippen LogP contribution is -2.48. The molecule has 1 aliphatic rings. The van der Waals surface area contributed by atoms with Crippen LogP contribution in [0, 0.1) is 0 Å². The highest BCUT2D eigenvalue weighted by Crippen LogP contribution is 2.19. The van der Waals surface area contributed by atoms with E-state index in [0.29, 0.717) is 17.9 Å². The minimum Gasteiger partial charge on any atom is -0.202 e. The topological polar surface area (TPSA) is 49.4 Å².